The first-order valence-electron chi connectivity index (χ1n) is 6.47. The van der Waals surface area contributed by atoms with Crippen molar-refractivity contribution in [1.82, 2.24) is 5.32 Å². The summed E-state index contributed by atoms with van der Waals surface area (Å²) >= 11 is 0. The fraction of sp³-hybridized carbons (Fsp3) is 0.846. The molecule has 3 N–H and O–H groups in total. The zero-order valence-electron chi connectivity index (χ0n) is 11.2. The van der Waals surface area contributed by atoms with Crippen molar-refractivity contribution < 1.29 is 4.39 Å². The third-order valence-electron chi connectivity index (χ3n) is 3.08. The molecule has 0 saturated heterocycles. The van der Waals surface area contributed by atoms with Gasteiger partial charge in [-0.3, -0.25) is 5.32 Å². The summed E-state index contributed by atoms with van der Waals surface area (Å²) < 4.78 is 12.3. The molecule has 0 rings (SSSR count). The summed E-state index contributed by atoms with van der Waals surface area (Å²) in [5.41, 5.74) is 5.42. The highest BCUT2D eigenvalue weighted by molar-refractivity contribution is 5.05. The van der Waals surface area contributed by atoms with Crippen LogP contribution < -0.4 is 11.1 Å². The van der Waals surface area contributed by atoms with Crippen LogP contribution in [-0.4, -0.2) is 18.9 Å². The van der Waals surface area contributed by atoms with Crippen molar-refractivity contribution in [3.05, 3.63) is 0 Å². The molecule has 0 aromatic rings. The Hall–Kier alpha value is -1.17. The second-order valence-corrected chi connectivity index (χ2v) is 4.66. The largest absolute Gasteiger partial charge is 0.314 e. The van der Waals surface area contributed by atoms with Gasteiger partial charge in [-0.2, -0.15) is 10.5 Å². The van der Waals surface area contributed by atoms with Crippen molar-refractivity contribution in [3.8, 4) is 12.1 Å². The van der Waals surface area contributed by atoms with Crippen LogP contribution in [0, 0.1) is 34.5 Å². The summed E-state index contributed by atoms with van der Waals surface area (Å²) in [6.45, 7) is 3.32. The van der Waals surface area contributed by atoms with Crippen molar-refractivity contribution in [2.45, 2.75) is 51.7 Å². The lowest BCUT2D eigenvalue weighted by atomic mass is 9.85. The van der Waals surface area contributed by atoms with Gasteiger partial charge in [0.25, 0.3) is 0 Å². The Morgan fingerprint density at radius 1 is 1.28 bits per heavy atom. The van der Waals surface area contributed by atoms with Gasteiger partial charge in [0.05, 0.1) is 24.2 Å². The van der Waals surface area contributed by atoms with Gasteiger partial charge in [-0.25, -0.2) is 4.39 Å². The highest BCUT2D eigenvalue weighted by Crippen LogP contribution is 2.21. The van der Waals surface area contributed by atoms with Crippen LogP contribution in [0.4, 0.5) is 4.39 Å². The molecule has 5 heteroatoms. The van der Waals surface area contributed by atoms with Gasteiger partial charge in [0.2, 0.25) is 0 Å². The average molecular weight is 254 g/mol. The van der Waals surface area contributed by atoms with Crippen molar-refractivity contribution in [1.29, 1.82) is 10.5 Å². The summed E-state index contributed by atoms with van der Waals surface area (Å²) in [7, 11) is 0. The quantitative estimate of drug-likeness (QED) is 0.487. The number of alkyl halides is 1. The van der Waals surface area contributed by atoms with E-state index in [1.807, 2.05) is 13.0 Å². The molecule has 0 amide bonds. The maximum Gasteiger partial charge on any atom is 0.118 e. The Morgan fingerprint density at radius 3 is 2.39 bits per heavy atom. The maximum atomic E-state index is 12.3. The van der Waals surface area contributed by atoms with Crippen LogP contribution in [0.2, 0.25) is 0 Å². The Labute approximate surface area is 109 Å². The number of nitriles is 2. The fourth-order valence-corrected chi connectivity index (χ4v) is 1.92. The Balaban J connectivity index is 4.43. The zero-order valence-corrected chi connectivity index (χ0v) is 11.2. The molecule has 0 bridgehead atoms. The molecule has 18 heavy (non-hydrogen) atoms. The number of nitrogens with two attached hydrogens (primary N) is 1. The number of nitrogens with one attached hydrogen (secondary N) is 1. The fourth-order valence-electron chi connectivity index (χ4n) is 1.92. The first kappa shape index (κ1) is 16.8. The first-order chi connectivity index (χ1) is 8.60. The maximum absolute atomic E-state index is 12.3. The second-order valence-electron chi connectivity index (χ2n) is 4.66. The van der Waals surface area contributed by atoms with E-state index in [1.165, 1.54) is 0 Å². The summed E-state index contributed by atoms with van der Waals surface area (Å²) in [6, 6.07) is 3.44. The molecule has 0 aliphatic carbocycles. The summed E-state index contributed by atoms with van der Waals surface area (Å²) in [4.78, 5) is 0. The lowest BCUT2D eigenvalue weighted by molar-refractivity contribution is 0.295. The van der Waals surface area contributed by atoms with E-state index < -0.39 is 24.8 Å². The molecule has 4 atom stereocenters. The number of hydrogen-bond donors (Lipinski definition) is 2. The van der Waals surface area contributed by atoms with Crippen LogP contribution in [0.1, 0.15) is 39.5 Å². The van der Waals surface area contributed by atoms with Gasteiger partial charge in [-0.1, -0.05) is 33.1 Å². The predicted molar refractivity (Wildman–Crippen MR) is 68.9 cm³/mol. The molecule has 0 saturated carbocycles. The molecule has 0 aromatic carbocycles. The van der Waals surface area contributed by atoms with Gasteiger partial charge in [-0.05, 0) is 12.3 Å². The minimum absolute atomic E-state index is 0.102. The lowest BCUT2D eigenvalue weighted by Gasteiger charge is -2.24. The Morgan fingerprint density at radius 2 is 1.94 bits per heavy atom. The van der Waals surface area contributed by atoms with Crippen molar-refractivity contribution >= 4 is 0 Å². The number of rotatable bonds is 9. The van der Waals surface area contributed by atoms with Gasteiger partial charge >= 0.3 is 0 Å². The summed E-state index contributed by atoms with van der Waals surface area (Å²) in [6.07, 6.45) is 3.31. The van der Waals surface area contributed by atoms with Gasteiger partial charge in [-0.15, -0.1) is 0 Å². The third kappa shape index (κ3) is 5.95. The highest BCUT2D eigenvalue weighted by Gasteiger charge is 2.27. The van der Waals surface area contributed by atoms with Crippen LogP contribution in [0.3, 0.4) is 0 Å². The predicted octanol–water partition coefficient (Wildman–Crippen LogP) is 2.08. The lowest BCUT2D eigenvalue weighted by Crippen LogP contribution is -2.49. The molecular formula is C13H23FN4. The first-order valence-corrected chi connectivity index (χ1v) is 6.47. The van der Waals surface area contributed by atoms with E-state index in [0.717, 1.165) is 25.7 Å². The summed E-state index contributed by atoms with van der Waals surface area (Å²) in [5, 5.41) is 20.9. The van der Waals surface area contributed by atoms with Gasteiger partial charge in [0.15, 0.2) is 0 Å². The van der Waals surface area contributed by atoms with Crippen LogP contribution in [-0.2, 0) is 0 Å². The summed E-state index contributed by atoms with van der Waals surface area (Å²) in [5.74, 6) is -0.352. The highest BCUT2D eigenvalue weighted by atomic mass is 19.1. The van der Waals surface area contributed by atoms with Crippen LogP contribution in [0.5, 0.6) is 0 Å². The standard InChI is InChI=1S/C13H23FN4/c1-3-4-5-6-10(2)11(8-15)12(9-16)18-13(17)7-14/h10-13,18H,3-7,17H2,1-2H3. The minimum atomic E-state index is -0.881. The molecule has 0 fully saturated rings. The van der Waals surface area contributed by atoms with E-state index in [-0.39, 0.29) is 5.92 Å². The van der Waals surface area contributed by atoms with E-state index in [9.17, 15) is 4.39 Å². The molecule has 0 spiro atoms. The average Bonchev–Trinajstić information content (AvgIpc) is 2.38. The molecule has 0 heterocycles. The smallest absolute Gasteiger partial charge is 0.118 e. The Bertz CT molecular complexity index is 294. The normalized spacial score (nSPS) is 17.2. The van der Waals surface area contributed by atoms with E-state index in [2.05, 4.69) is 18.3 Å². The van der Waals surface area contributed by atoms with E-state index in [4.69, 9.17) is 16.3 Å². The third-order valence-corrected chi connectivity index (χ3v) is 3.08. The molecular weight excluding hydrogens is 231 g/mol. The van der Waals surface area contributed by atoms with E-state index >= 15 is 0 Å². The minimum Gasteiger partial charge on any atom is -0.314 e. The van der Waals surface area contributed by atoms with Gasteiger partial charge < -0.3 is 5.73 Å². The molecule has 0 aliphatic heterocycles. The number of nitrogens with zero attached hydrogens (tertiary/aromatic N) is 2. The molecule has 0 aliphatic rings. The number of halogens is 1. The van der Waals surface area contributed by atoms with Crippen molar-refractivity contribution in [2.24, 2.45) is 17.6 Å². The van der Waals surface area contributed by atoms with Crippen LogP contribution in [0.15, 0.2) is 0 Å². The monoisotopic (exact) mass is 254 g/mol. The van der Waals surface area contributed by atoms with E-state index in [1.54, 1.807) is 0 Å². The van der Waals surface area contributed by atoms with Crippen LogP contribution in [0.25, 0.3) is 0 Å². The van der Waals surface area contributed by atoms with Crippen molar-refractivity contribution in [2.75, 3.05) is 6.67 Å². The topological polar surface area (TPSA) is 85.6 Å². The SMILES string of the molecule is CCCCCC(C)C(C#N)C(C#N)NC(N)CF. The molecule has 102 valence electrons. The molecule has 0 aromatic heterocycles. The number of hydrogen-bond acceptors (Lipinski definition) is 4. The van der Waals surface area contributed by atoms with E-state index in [0.29, 0.717) is 0 Å². The molecule has 4 unspecified atom stereocenters. The van der Waals surface area contributed by atoms with Gasteiger partial charge in [0.1, 0.15) is 12.7 Å². The molecule has 4 nitrogen and oxygen atoms in total. The zero-order chi connectivity index (χ0) is 14.0. The number of unbranched alkanes of at least 4 members (excludes halogenated alkanes) is 2. The molecule has 0 radical (unpaired) electrons. The van der Waals surface area contributed by atoms with Crippen molar-refractivity contribution in [3.63, 3.8) is 0 Å². The van der Waals surface area contributed by atoms with Crippen LogP contribution >= 0.6 is 0 Å². The van der Waals surface area contributed by atoms with Gasteiger partial charge in [0, 0.05) is 0 Å². The Kier molecular flexibility index (Phi) is 9.18. The second kappa shape index (κ2) is 9.82.